The summed E-state index contributed by atoms with van der Waals surface area (Å²) in [5.41, 5.74) is 1.27. The van der Waals surface area contributed by atoms with E-state index in [9.17, 15) is 39.3 Å². The predicted molar refractivity (Wildman–Crippen MR) is 245 cm³/mol. The number of ether oxygens (including phenoxy) is 5. The predicted octanol–water partition coefficient (Wildman–Crippen LogP) is 6.18. The lowest BCUT2D eigenvalue weighted by Gasteiger charge is -2.42. The number of rotatable bonds is 6. The largest absolute Gasteiger partial charge is 0.460 e. The summed E-state index contributed by atoms with van der Waals surface area (Å²) < 4.78 is 29.4. The summed E-state index contributed by atoms with van der Waals surface area (Å²) in [6, 6.07) is -1.14. The van der Waals surface area contributed by atoms with Crippen molar-refractivity contribution in [2.24, 2.45) is 35.5 Å². The summed E-state index contributed by atoms with van der Waals surface area (Å²) in [6.07, 6.45) is 11.2. The maximum atomic E-state index is 14.4. The molecule has 0 aromatic heterocycles. The van der Waals surface area contributed by atoms with Crippen molar-refractivity contribution in [1.29, 1.82) is 0 Å². The van der Waals surface area contributed by atoms with Crippen molar-refractivity contribution in [1.82, 2.24) is 4.90 Å². The molecular weight excluding hydrogens is 835 g/mol. The van der Waals surface area contributed by atoms with Gasteiger partial charge in [0.25, 0.3) is 11.7 Å². The first kappa shape index (κ1) is 54.2. The smallest absolute Gasteiger partial charge is 0.329 e. The highest BCUT2D eigenvalue weighted by Gasteiger charge is 2.53. The number of esters is 1. The molecule has 4 aliphatic rings. The fraction of sp³-hybridized carbons (Fsp3) is 0.745. The molecular formula is C51H79NO13. The first-order valence-corrected chi connectivity index (χ1v) is 23.9. The van der Waals surface area contributed by atoms with Gasteiger partial charge in [0.1, 0.15) is 30.1 Å². The number of methoxy groups -OCH3 is 3. The Balaban J connectivity index is 1.70. The summed E-state index contributed by atoms with van der Waals surface area (Å²) in [7, 11) is 4.52. The first-order valence-electron chi connectivity index (χ1n) is 23.9. The molecule has 14 nitrogen and oxygen atoms in total. The van der Waals surface area contributed by atoms with Crippen LogP contribution in [0.2, 0.25) is 0 Å². The Morgan fingerprint density at radius 3 is 2.25 bits per heavy atom. The quantitative estimate of drug-likeness (QED) is 0.156. The van der Waals surface area contributed by atoms with E-state index in [-0.39, 0.29) is 54.8 Å². The van der Waals surface area contributed by atoms with Gasteiger partial charge in [-0.25, -0.2) is 4.79 Å². The lowest BCUT2D eigenvalue weighted by atomic mass is 9.78. The number of hydrogen-bond donors (Lipinski definition) is 3. The van der Waals surface area contributed by atoms with Crippen LogP contribution in [0, 0.1) is 35.5 Å². The molecule has 65 heavy (non-hydrogen) atoms. The highest BCUT2D eigenvalue weighted by Crippen LogP contribution is 2.38. The lowest BCUT2D eigenvalue weighted by molar-refractivity contribution is -0.265. The maximum absolute atomic E-state index is 14.4. The van der Waals surface area contributed by atoms with Gasteiger partial charge in [0, 0.05) is 58.5 Å². The Hall–Kier alpha value is -3.37. The molecule has 2 saturated heterocycles. The van der Waals surface area contributed by atoms with Crippen LogP contribution in [-0.2, 0) is 47.7 Å². The van der Waals surface area contributed by atoms with Gasteiger partial charge in [-0.1, -0.05) is 71.1 Å². The van der Waals surface area contributed by atoms with Crippen LogP contribution < -0.4 is 0 Å². The second kappa shape index (κ2) is 25.1. The number of ketones is 3. The Labute approximate surface area is 387 Å². The summed E-state index contributed by atoms with van der Waals surface area (Å²) in [4.78, 5) is 71.8. The molecule has 15 atom stereocenters. The van der Waals surface area contributed by atoms with Crippen LogP contribution in [0.15, 0.2) is 47.6 Å². The Kier molecular flexibility index (Phi) is 21.0. The number of nitrogens with zero attached hydrogens (tertiary/aromatic N) is 1. The van der Waals surface area contributed by atoms with Gasteiger partial charge in [-0.05, 0) is 107 Å². The monoisotopic (exact) mass is 914 g/mol. The van der Waals surface area contributed by atoms with Crippen molar-refractivity contribution in [3.05, 3.63) is 47.6 Å². The summed E-state index contributed by atoms with van der Waals surface area (Å²) in [5, 5.41) is 33.8. The van der Waals surface area contributed by atoms with Gasteiger partial charge < -0.3 is 43.9 Å². The van der Waals surface area contributed by atoms with E-state index in [0.29, 0.717) is 63.4 Å². The fourth-order valence-corrected chi connectivity index (χ4v) is 10.1. The molecule has 1 saturated carbocycles. The highest BCUT2D eigenvalue weighted by atomic mass is 16.6. The molecule has 3 unspecified atom stereocenters. The zero-order chi connectivity index (χ0) is 48.2. The topological polar surface area (TPSA) is 195 Å². The standard InChI is InChI=1S/C51H79NO13/c1-30-16-12-11-13-17-31(2)42(61-8)28-38-21-19-36(7)51(60,65-38)48(57)49(58)52-23-15-14-18-39(52)50(59)64-43(33(4)26-37-20-22-40(53)44(27-37)62-9)29-41(54)32(3)25-35(6)46(56)47(63-10)45(55)34(5)24-30/h11-13,16-17,25,30,32-34,36-40,42-44,46-47,53,56,60H,14-15,18-24,26-29H2,1-10H3/b13-11?,16-12+,31-17?,35-25+/t30-,32-,33-,34-,36-,37?,38+,39+,40?,42+,43?,44-,46-,47+,51-/m1/s1. The van der Waals surface area contributed by atoms with E-state index in [2.05, 4.69) is 0 Å². The number of piperidine rings is 1. The Morgan fingerprint density at radius 2 is 1.57 bits per heavy atom. The molecule has 0 radical (unpaired) electrons. The Morgan fingerprint density at radius 1 is 0.846 bits per heavy atom. The average molecular weight is 914 g/mol. The summed E-state index contributed by atoms with van der Waals surface area (Å²) in [6.45, 7) is 12.7. The third-order valence-corrected chi connectivity index (χ3v) is 14.5. The minimum absolute atomic E-state index is 0.0193. The van der Waals surface area contributed by atoms with Crippen LogP contribution in [0.3, 0.4) is 0 Å². The van der Waals surface area contributed by atoms with Gasteiger partial charge in [0.05, 0.1) is 24.4 Å². The molecule has 3 N–H and O–H groups in total. The molecule has 0 aromatic rings. The number of amides is 1. The van der Waals surface area contributed by atoms with Crippen molar-refractivity contribution in [3.63, 3.8) is 0 Å². The van der Waals surface area contributed by atoms with E-state index < -0.39 is 83.9 Å². The van der Waals surface area contributed by atoms with Crippen LogP contribution >= 0.6 is 0 Å². The number of carbonyl (C=O) groups excluding carboxylic acids is 5. The van der Waals surface area contributed by atoms with Gasteiger partial charge in [-0.15, -0.1) is 0 Å². The van der Waals surface area contributed by atoms with E-state index >= 15 is 0 Å². The van der Waals surface area contributed by atoms with Crippen molar-refractivity contribution >= 4 is 29.2 Å². The van der Waals surface area contributed by atoms with Gasteiger partial charge in [-0.3, -0.25) is 19.2 Å². The van der Waals surface area contributed by atoms with E-state index in [0.717, 1.165) is 12.0 Å². The number of cyclic esters (lactones) is 1. The normalized spacial score (nSPS) is 39.1. The Bertz CT molecular complexity index is 1760. The molecule has 14 heteroatoms. The number of carbonyl (C=O) groups is 5. The molecule has 0 aromatic carbocycles. The molecule has 366 valence electrons. The lowest BCUT2D eigenvalue weighted by Crippen LogP contribution is -2.61. The number of hydrogen-bond acceptors (Lipinski definition) is 13. The summed E-state index contributed by atoms with van der Waals surface area (Å²) in [5.74, 6) is -7.96. The van der Waals surface area contributed by atoms with Crippen LogP contribution in [-0.4, -0.2) is 132 Å². The molecule has 2 bridgehead atoms. The average Bonchev–Trinajstić information content (AvgIpc) is 3.28. The van der Waals surface area contributed by atoms with Crippen LogP contribution in [0.25, 0.3) is 0 Å². The number of aliphatic hydroxyl groups is 3. The van der Waals surface area contributed by atoms with Crippen molar-refractivity contribution in [2.75, 3.05) is 27.9 Å². The van der Waals surface area contributed by atoms with E-state index in [4.69, 9.17) is 23.7 Å². The number of fused-ring (bicyclic) bond motifs is 3. The minimum atomic E-state index is -2.43. The molecule has 0 spiro atoms. The molecule has 1 amide bonds. The van der Waals surface area contributed by atoms with Gasteiger partial charge in [-0.2, -0.15) is 0 Å². The van der Waals surface area contributed by atoms with Gasteiger partial charge >= 0.3 is 5.97 Å². The third-order valence-electron chi connectivity index (χ3n) is 14.5. The van der Waals surface area contributed by atoms with Gasteiger partial charge in [0.2, 0.25) is 5.79 Å². The second-order valence-corrected chi connectivity index (χ2v) is 19.6. The van der Waals surface area contributed by atoms with Crippen molar-refractivity contribution in [2.45, 2.75) is 180 Å². The number of aliphatic hydroxyl groups excluding tert-OH is 2. The zero-order valence-corrected chi connectivity index (χ0v) is 40.6. The molecule has 4 rings (SSSR count). The first-order chi connectivity index (χ1) is 30.7. The van der Waals surface area contributed by atoms with Gasteiger partial charge in [0.15, 0.2) is 5.78 Å². The second-order valence-electron chi connectivity index (χ2n) is 19.6. The minimum Gasteiger partial charge on any atom is -0.460 e. The SMILES string of the molecule is CO[C@H]1C[C@@H]2CC[C@@H](C)[C@@](O)(O2)C(=O)C(=O)N2CCCC[C@H]2C(=O)OC([C@H](C)CC2CCC(O)[C@H](OC)C2)CC(=O)[C@H](C)/C=C(\C)[C@@H](O)[C@@H](OC)C(=O)[C@H](C)C[C@H](C)/C=C/C=CC=C1C. The third kappa shape index (κ3) is 14.3. The fourth-order valence-electron chi connectivity index (χ4n) is 10.1. The highest BCUT2D eigenvalue weighted by molar-refractivity contribution is 6.39. The molecule has 3 heterocycles. The number of allylic oxidation sites excluding steroid dienone is 6. The molecule has 3 fully saturated rings. The molecule has 1 aliphatic carbocycles. The zero-order valence-electron chi connectivity index (χ0n) is 40.6. The maximum Gasteiger partial charge on any atom is 0.329 e. The van der Waals surface area contributed by atoms with E-state index in [1.165, 1.54) is 12.0 Å². The van der Waals surface area contributed by atoms with E-state index in [1.807, 2.05) is 58.1 Å². The molecule has 3 aliphatic heterocycles. The van der Waals surface area contributed by atoms with Crippen molar-refractivity contribution < 1.29 is 63.0 Å². The summed E-state index contributed by atoms with van der Waals surface area (Å²) >= 11 is 0. The van der Waals surface area contributed by atoms with E-state index in [1.54, 1.807) is 41.1 Å². The van der Waals surface area contributed by atoms with Crippen LogP contribution in [0.1, 0.15) is 126 Å². The van der Waals surface area contributed by atoms with Crippen LogP contribution in [0.5, 0.6) is 0 Å². The van der Waals surface area contributed by atoms with Crippen LogP contribution in [0.4, 0.5) is 0 Å². The number of Topliss-reactive ketones (excluding diaryl/α,β-unsaturated/α-hetero) is 3. The van der Waals surface area contributed by atoms with Crippen molar-refractivity contribution in [3.8, 4) is 0 Å².